The van der Waals surface area contributed by atoms with Crippen molar-refractivity contribution < 1.29 is 13.6 Å². The number of carbonyl (C=O) groups is 1. The molecular formula is C8H6BrF2NO. The molecule has 0 unspecified atom stereocenters. The number of halogens is 3. The van der Waals surface area contributed by atoms with Gasteiger partial charge in [-0.15, -0.1) is 0 Å². The van der Waals surface area contributed by atoms with E-state index in [1.54, 1.807) is 0 Å². The fourth-order valence-electron chi connectivity index (χ4n) is 0.900. The summed E-state index contributed by atoms with van der Waals surface area (Å²) in [6.07, 6.45) is -2.03. The highest BCUT2D eigenvalue weighted by atomic mass is 79.9. The number of rotatable bonds is 3. The summed E-state index contributed by atoms with van der Waals surface area (Å²) in [6.45, 7) is 0. The van der Waals surface area contributed by atoms with Crippen molar-refractivity contribution in [3.63, 3.8) is 0 Å². The largest absolute Gasteiger partial charge is 0.296 e. The van der Waals surface area contributed by atoms with Gasteiger partial charge in [0.25, 0.3) is 6.43 Å². The Morgan fingerprint density at radius 1 is 1.54 bits per heavy atom. The van der Waals surface area contributed by atoms with Crippen molar-refractivity contribution in [1.29, 1.82) is 0 Å². The lowest BCUT2D eigenvalue weighted by molar-refractivity contribution is 0.111. The molecule has 0 amide bonds. The Balaban J connectivity index is 3.15. The van der Waals surface area contributed by atoms with Gasteiger partial charge in [0.15, 0.2) is 6.29 Å². The summed E-state index contributed by atoms with van der Waals surface area (Å²) in [5.74, 6) is 0. The fraction of sp³-hybridized carbons (Fsp3) is 0.250. The Labute approximate surface area is 82.1 Å². The highest BCUT2D eigenvalue weighted by molar-refractivity contribution is 9.08. The molecule has 0 radical (unpaired) electrons. The molecule has 1 aromatic rings. The molecule has 0 aliphatic rings. The number of aldehydes is 1. The molecule has 13 heavy (non-hydrogen) atoms. The normalized spacial score (nSPS) is 10.5. The summed E-state index contributed by atoms with van der Waals surface area (Å²) >= 11 is 3.03. The van der Waals surface area contributed by atoms with Gasteiger partial charge in [-0.3, -0.25) is 4.79 Å². The van der Waals surface area contributed by atoms with Gasteiger partial charge >= 0.3 is 0 Å². The van der Waals surface area contributed by atoms with E-state index in [4.69, 9.17) is 0 Å². The van der Waals surface area contributed by atoms with E-state index in [9.17, 15) is 13.6 Å². The molecule has 0 N–H and O–H groups in total. The highest BCUT2D eigenvalue weighted by Gasteiger charge is 2.13. The standard InChI is InChI=1S/C8H6BrF2NO/c9-3-7-6(8(10)11)2-1-5(4-13)12-7/h1-2,4,8H,3H2. The van der Waals surface area contributed by atoms with Gasteiger partial charge in [0.2, 0.25) is 0 Å². The summed E-state index contributed by atoms with van der Waals surface area (Å²) in [7, 11) is 0. The second-order valence-corrected chi connectivity index (χ2v) is 2.88. The van der Waals surface area contributed by atoms with Crippen LogP contribution in [0.5, 0.6) is 0 Å². The first-order valence-corrected chi connectivity index (χ1v) is 4.60. The maximum atomic E-state index is 12.3. The molecule has 0 aliphatic carbocycles. The Kier molecular flexibility index (Phi) is 3.48. The van der Waals surface area contributed by atoms with Crippen LogP contribution in [-0.4, -0.2) is 11.3 Å². The Hall–Kier alpha value is -0.840. The summed E-state index contributed by atoms with van der Waals surface area (Å²) in [6, 6.07) is 2.50. The molecule has 2 nitrogen and oxygen atoms in total. The maximum Gasteiger partial charge on any atom is 0.265 e. The van der Waals surface area contributed by atoms with Crippen molar-refractivity contribution in [2.75, 3.05) is 0 Å². The van der Waals surface area contributed by atoms with Crippen LogP contribution in [0, 0.1) is 0 Å². The lowest BCUT2D eigenvalue weighted by Gasteiger charge is -2.04. The number of carbonyl (C=O) groups excluding carboxylic acids is 1. The average Bonchev–Trinajstić information content (AvgIpc) is 2.16. The topological polar surface area (TPSA) is 30.0 Å². The van der Waals surface area contributed by atoms with Gasteiger partial charge in [0.05, 0.1) is 5.69 Å². The Morgan fingerprint density at radius 3 is 2.69 bits per heavy atom. The second-order valence-electron chi connectivity index (χ2n) is 2.32. The molecule has 0 atom stereocenters. The third-order valence-corrected chi connectivity index (χ3v) is 2.04. The van der Waals surface area contributed by atoms with Crippen LogP contribution < -0.4 is 0 Å². The molecule has 0 spiro atoms. The monoisotopic (exact) mass is 249 g/mol. The lowest BCUT2D eigenvalue weighted by atomic mass is 10.2. The van der Waals surface area contributed by atoms with Gasteiger partial charge in [-0.1, -0.05) is 15.9 Å². The minimum absolute atomic E-state index is 0.137. The van der Waals surface area contributed by atoms with E-state index in [-0.39, 0.29) is 22.3 Å². The van der Waals surface area contributed by atoms with E-state index in [2.05, 4.69) is 20.9 Å². The molecule has 0 fully saturated rings. The number of hydrogen-bond donors (Lipinski definition) is 0. The Morgan fingerprint density at radius 2 is 2.23 bits per heavy atom. The van der Waals surface area contributed by atoms with Crippen LogP contribution in [-0.2, 0) is 5.33 Å². The number of pyridine rings is 1. The van der Waals surface area contributed by atoms with Crippen LogP contribution in [0.2, 0.25) is 0 Å². The average molecular weight is 250 g/mol. The van der Waals surface area contributed by atoms with E-state index in [0.717, 1.165) is 0 Å². The number of hydrogen-bond acceptors (Lipinski definition) is 2. The Bertz CT molecular complexity index is 317. The quantitative estimate of drug-likeness (QED) is 0.609. The summed E-state index contributed by atoms with van der Waals surface area (Å²) in [5, 5.41) is 0.217. The van der Waals surface area contributed by atoms with Gasteiger partial charge in [0.1, 0.15) is 5.69 Å². The van der Waals surface area contributed by atoms with Crippen LogP contribution in [0.1, 0.15) is 28.2 Å². The first-order valence-electron chi connectivity index (χ1n) is 3.48. The number of nitrogens with zero attached hydrogens (tertiary/aromatic N) is 1. The summed E-state index contributed by atoms with van der Waals surface area (Å²) in [5.41, 5.74) is 0.237. The summed E-state index contributed by atoms with van der Waals surface area (Å²) < 4.78 is 24.6. The SMILES string of the molecule is O=Cc1ccc(C(F)F)c(CBr)n1. The lowest BCUT2D eigenvalue weighted by Crippen LogP contribution is -1.99. The van der Waals surface area contributed by atoms with Gasteiger partial charge in [-0.25, -0.2) is 13.8 Å². The van der Waals surface area contributed by atoms with E-state index in [1.165, 1.54) is 12.1 Å². The first kappa shape index (κ1) is 10.2. The van der Waals surface area contributed by atoms with E-state index >= 15 is 0 Å². The van der Waals surface area contributed by atoms with Crippen molar-refractivity contribution in [3.05, 3.63) is 29.1 Å². The van der Waals surface area contributed by atoms with Gasteiger partial charge in [-0.2, -0.15) is 0 Å². The molecule has 0 saturated heterocycles. The zero-order valence-corrected chi connectivity index (χ0v) is 8.09. The van der Waals surface area contributed by atoms with E-state index in [1.807, 2.05) is 0 Å². The summed E-state index contributed by atoms with van der Waals surface area (Å²) in [4.78, 5) is 14.0. The van der Waals surface area contributed by atoms with Crippen molar-refractivity contribution >= 4 is 22.2 Å². The van der Waals surface area contributed by atoms with Crippen LogP contribution in [0.4, 0.5) is 8.78 Å². The van der Waals surface area contributed by atoms with Gasteiger partial charge in [0, 0.05) is 10.9 Å². The van der Waals surface area contributed by atoms with Crippen molar-refractivity contribution in [2.24, 2.45) is 0 Å². The number of aromatic nitrogens is 1. The minimum atomic E-state index is -2.55. The predicted molar refractivity (Wildman–Crippen MR) is 47.2 cm³/mol. The molecule has 0 aromatic carbocycles. The van der Waals surface area contributed by atoms with Crippen LogP contribution >= 0.6 is 15.9 Å². The number of alkyl halides is 3. The molecule has 0 saturated carbocycles. The third kappa shape index (κ3) is 2.30. The van der Waals surface area contributed by atoms with Crippen LogP contribution in [0.15, 0.2) is 12.1 Å². The van der Waals surface area contributed by atoms with Gasteiger partial charge in [-0.05, 0) is 12.1 Å². The van der Waals surface area contributed by atoms with Crippen molar-refractivity contribution in [2.45, 2.75) is 11.8 Å². The first-order chi connectivity index (χ1) is 6.19. The second kappa shape index (κ2) is 4.41. The zero-order chi connectivity index (χ0) is 9.84. The van der Waals surface area contributed by atoms with Crippen molar-refractivity contribution in [3.8, 4) is 0 Å². The maximum absolute atomic E-state index is 12.3. The van der Waals surface area contributed by atoms with Crippen LogP contribution in [0.25, 0.3) is 0 Å². The molecule has 1 heterocycles. The van der Waals surface area contributed by atoms with E-state index < -0.39 is 6.43 Å². The molecule has 1 rings (SSSR count). The molecule has 0 bridgehead atoms. The predicted octanol–water partition coefficient (Wildman–Crippen LogP) is 2.73. The molecule has 0 aliphatic heterocycles. The molecule has 70 valence electrons. The smallest absolute Gasteiger partial charge is 0.265 e. The minimum Gasteiger partial charge on any atom is -0.296 e. The molecule has 1 aromatic heterocycles. The van der Waals surface area contributed by atoms with E-state index in [0.29, 0.717) is 6.29 Å². The molecule has 5 heteroatoms. The zero-order valence-electron chi connectivity index (χ0n) is 6.51. The third-order valence-electron chi connectivity index (χ3n) is 1.51. The highest BCUT2D eigenvalue weighted by Crippen LogP contribution is 2.23. The fourth-order valence-corrected chi connectivity index (χ4v) is 1.35. The van der Waals surface area contributed by atoms with Crippen LogP contribution in [0.3, 0.4) is 0 Å². The van der Waals surface area contributed by atoms with Crippen molar-refractivity contribution in [1.82, 2.24) is 4.98 Å². The van der Waals surface area contributed by atoms with Gasteiger partial charge < -0.3 is 0 Å². The molecular weight excluding hydrogens is 244 g/mol.